The largest absolute Gasteiger partial charge is 0.493 e. The number of fused-ring (bicyclic) bond motifs is 1. The molecule has 0 bridgehead atoms. The number of unbranched alkanes of at least 4 members (excludes halogenated alkanes) is 1. The van der Waals surface area contributed by atoms with Gasteiger partial charge in [0.05, 0.1) is 36.9 Å². The number of aryl methyl sites for hydroxylation is 1. The van der Waals surface area contributed by atoms with E-state index in [0.717, 1.165) is 75.8 Å². The molecule has 1 aromatic heterocycles. The van der Waals surface area contributed by atoms with Crippen molar-refractivity contribution in [1.82, 2.24) is 14.5 Å². The van der Waals surface area contributed by atoms with Gasteiger partial charge in [0, 0.05) is 19.6 Å². The SMILES string of the molecule is C=CCc1ccccc1OCCCCn1c(C(C)N2CCOCC2)nc2ccccc21. The molecule has 0 saturated carbocycles. The van der Waals surface area contributed by atoms with Crippen LogP contribution in [0.5, 0.6) is 5.75 Å². The van der Waals surface area contributed by atoms with Crippen molar-refractivity contribution >= 4 is 11.0 Å². The Morgan fingerprint density at radius 1 is 1.10 bits per heavy atom. The molecule has 1 unspecified atom stereocenters. The molecule has 0 aliphatic carbocycles. The van der Waals surface area contributed by atoms with E-state index in [0.29, 0.717) is 0 Å². The summed E-state index contributed by atoms with van der Waals surface area (Å²) in [5.41, 5.74) is 3.49. The van der Waals surface area contributed by atoms with E-state index in [-0.39, 0.29) is 6.04 Å². The smallest absolute Gasteiger partial charge is 0.127 e. The molecule has 1 aliphatic rings. The molecule has 164 valence electrons. The minimum atomic E-state index is 0.276. The number of imidazole rings is 1. The second kappa shape index (κ2) is 10.6. The van der Waals surface area contributed by atoms with Crippen molar-refractivity contribution in [2.75, 3.05) is 32.9 Å². The Morgan fingerprint density at radius 3 is 2.71 bits per heavy atom. The molecule has 1 aliphatic heterocycles. The van der Waals surface area contributed by atoms with Crippen LogP contribution in [0.3, 0.4) is 0 Å². The topological polar surface area (TPSA) is 39.5 Å². The van der Waals surface area contributed by atoms with Gasteiger partial charge in [-0.15, -0.1) is 6.58 Å². The molecule has 0 amide bonds. The van der Waals surface area contributed by atoms with E-state index < -0.39 is 0 Å². The molecule has 1 fully saturated rings. The lowest BCUT2D eigenvalue weighted by Crippen LogP contribution is -2.39. The number of ether oxygens (including phenoxy) is 2. The van der Waals surface area contributed by atoms with E-state index in [2.05, 4.69) is 53.3 Å². The van der Waals surface area contributed by atoms with Crippen LogP contribution in [0.1, 0.15) is 37.2 Å². The third kappa shape index (κ3) is 5.17. The summed E-state index contributed by atoms with van der Waals surface area (Å²) < 4.78 is 14.0. The normalized spacial score (nSPS) is 15.8. The third-order valence-electron chi connectivity index (χ3n) is 6.02. The molecule has 0 N–H and O–H groups in total. The van der Waals surface area contributed by atoms with Crippen molar-refractivity contribution in [3.63, 3.8) is 0 Å². The number of allylic oxidation sites excluding steroid dienone is 1. The number of aromatic nitrogens is 2. The van der Waals surface area contributed by atoms with Crippen molar-refractivity contribution in [2.24, 2.45) is 0 Å². The van der Waals surface area contributed by atoms with Gasteiger partial charge in [0.15, 0.2) is 0 Å². The Labute approximate surface area is 185 Å². The van der Waals surface area contributed by atoms with E-state index in [1.54, 1.807) is 0 Å². The van der Waals surface area contributed by atoms with Crippen LogP contribution < -0.4 is 4.74 Å². The van der Waals surface area contributed by atoms with Crippen molar-refractivity contribution in [1.29, 1.82) is 0 Å². The van der Waals surface area contributed by atoms with Crippen molar-refractivity contribution < 1.29 is 9.47 Å². The second-order valence-corrected chi connectivity index (χ2v) is 8.09. The summed E-state index contributed by atoms with van der Waals surface area (Å²) >= 11 is 0. The van der Waals surface area contributed by atoms with E-state index in [1.807, 2.05) is 24.3 Å². The lowest BCUT2D eigenvalue weighted by atomic mass is 10.1. The van der Waals surface area contributed by atoms with Gasteiger partial charge in [0.2, 0.25) is 0 Å². The van der Waals surface area contributed by atoms with Gasteiger partial charge < -0.3 is 14.0 Å². The summed E-state index contributed by atoms with van der Waals surface area (Å²) in [6.07, 6.45) is 4.80. The summed E-state index contributed by atoms with van der Waals surface area (Å²) in [4.78, 5) is 7.48. The molecule has 31 heavy (non-hydrogen) atoms. The monoisotopic (exact) mass is 419 g/mol. The fraction of sp³-hybridized carbons (Fsp3) is 0.423. The van der Waals surface area contributed by atoms with Gasteiger partial charge >= 0.3 is 0 Å². The van der Waals surface area contributed by atoms with Gasteiger partial charge in [-0.3, -0.25) is 4.90 Å². The Hall–Kier alpha value is -2.63. The molecule has 4 rings (SSSR count). The molecule has 1 atom stereocenters. The average molecular weight is 420 g/mol. The van der Waals surface area contributed by atoms with Gasteiger partial charge in [-0.05, 0) is 49.9 Å². The fourth-order valence-corrected chi connectivity index (χ4v) is 4.30. The van der Waals surface area contributed by atoms with Crippen molar-refractivity contribution in [3.05, 3.63) is 72.6 Å². The zero-order valence-corrected chi connectivity index (χ0v) is 18.5. The fourth-order valence-electron chi connectivity index (χ4n) is 4.30. The lowest BCUT2D eigenvalue weighted by molar-refractivity contribution is 0.0176. The maximum Gasteiger partial charge on any atom is 0.127 e. The summed E-state index contributed by atoms with van der Waals surface area (Å²) in [5.74, 6) is 2.12. The maximum atomic E-state index is 6.07. The molecule has 2 aromatic carbocycles. The number of benzene rings is 2. The van der Waals surface area contributed by atoms with Gasteiger partial charge in [-0.25, -0.2) is 4.98 Å². The Bertz CT molecular complexity index is 991. The molecule has 5 nitrogen and oxygen atoms in total. The molecule has 1 saturated heterocycles. The summed E-state index contributed by atoms with van der Waals surface area (Å²) in [6, 6.07) is 17.0. The summed E-state index contributed by atoms with van der Waals surface area (Å²) in [7, 11) is 0. The zero-order chi connectivity index (χ0) is 21.5. The highest BCUT2D eigenvalue weighted by atomic mass is 16.5. The second-order valence-electron chi connectivity index (χ2n) is 8.09. The van der Waals surface area contributed by atoms with Crippen LogP contribution in [0.2, 0.25) is 0 Å². The van der Waals surface area contributed by atoms with E-state index >= 15 is 0 Å². The number of nitrogens with zero attached hydrogens (tertiary/aromatic N) is 3. The molecular formula is C26H33N3O2. The number of morpholine rings is 1. The van der Waals surface area contributed by atoms with Crippen LogP contribution in [-0.2, 0) is 17.7 Å². The number of hydrogen-bond acceptors (Lipinski definition) is 4. The predicted octanol–water partition coefficient (Wildman–Crippen LogP) is 5.02. The number of para-hydroxylation sites is 3. The first-order chi connectivity index (χ1) is 15.3. The average Bonchev–Trinajstić information content (AvgIpc) is 3.19. The highest BCUT2D eigenvalue weighted by molar-refractivity contribution is 5.76. The predicted molar refractivity (Wildman–Crippen MR) is 126 cm³/mol. The van der Waals surface area contributed by atoms with E-state index in [9.17, 15) is 0 Å². The van der Waals surface area contributed by atoms with Gasteiger partial charge in [-0.1, -0.05) is 36.4 Å². The Kier molecular flexibility index (Phi) is 7.39. The van der Waals surface area contributed by atoms with E-state index in [1.165, 1.54) is 11.1 Å². The Morgan fingerprint density at radius 2 is 1.87 bits per heavy atom. The quantitative estimate of drug-likeness (QED) is 0.342. The van der Waals surface area contributed by atoms with Crippen LogP contribution >= 0.6 is 0 Å². The zero-order valence-electron chi connectivity index (χ0n) is 18.5. The van der Waals surface area contributed by atoms with Gasteiger partial charge in [-0.2, -0.15) is 0 Å². The molecule has 3 aromatic rings. The molecule has 0 spiro atoms. The van der Waals surface area contributed by atoms with Crippen LogP contribution in [0.15, 0.2) is 61.2 Å². The van der Waals surface area contributed by atoms with Crippen molar-refractivity contribution in [3.8, 4) is 5.75 Å². The minimum Gasteiger partial charge on any atom is -0.493 e. The highest BCUT2D eigenvalue weighted by Gasteiger charge is 2.23. The Balaban J connectivity index is 1.40. The van der Waals surface area contributed by atoms with Crippen molar-refractivity contribution in [2.45, 2.75) is 38.8 Å². The molecule has 5 heteroatoms. The van der Waals surface area contributed by atoms with Crippen LogP contribution in [0.4, 0.5) is 0 Å². The summed E-state index contributed by atoms with van der Waals surface area (Å²) in [5, 5.41) is 0. The molecular weight excluding hydrogens is 386 g/mol. The third-order valence-corrected chi connectivity index (χ3v) is 6.02. The first kappa shape index (κ1) is 21.6. The standard InChI is InChI=1S/C26H33N3O2/c1-3-10-22-11-4-7-14-25(22)31-18-9-8-15-29-24-13-6-5-12-23(24)27-26(29)21(2)28-16-19-30-20-17-28/h3-7,11-14,21H,1,8-10,15-20H2,2H3. The first-order valence-electron chi connectivity index (χ1n) is 11.4. The molecule has 0 radical (unpaired) electrons. The van der Waals surface area contributed by atoms with Gasteiger partial charge in [0.1, 0.15) is 11.6 Å². The summed E-state index contributed by atoms with van der Waals surface area (Å²) in [6.45, 7) is 11.3. The van der Waals surface area contributed by atoms with Gasteiger partial charge in [0.25, 0.3) is 0 Å². The highest BCUT2D eigenvalue weighted by Crippen LogP contribution is 2.26. The maximum absolute atomic E-state index is 6.07. The van der Waals surface area contributed by atoms with Crippen LogP contribution in [-0.4, -0.2) is 47.4 Å². The van der Waals surface area contributed by atoms with E-state index in [4.69, 9.17) is 14.5 Å². The number of hydrogen-bond donors (Lipinski definition) is 0. The number of rotatable bonds is 10. The minimum absolute atomic E-state index is 0.276. The van der Waals surface area contributed by atoms with Crippen LogP contribution in [0.25, 0.3) is 11.0 Å². The lowest BCUT2D eigenvalue weighted by Gasteiger charge is -2.32. The first-order valence-corrected chi connectivity index (χ1v) is 11.4. The molecule has 2 heterocycles. The van der Waals surface area contributed by atoms with Crippen LogP contribution in [0, 0.1) is 0 Å².